The van der Waals surface area contributed by atoms with E-state index in [1.807, 2.05) is 40.2 Å². The van der Waals surface area contributed by atoms with Gasteiger partial charge in [0.2, 0.25) is 0 Å². The zero-order chi connectivity index (χ0) is 14.1. The maximum absolute atomic E-state index is 10.7. The average molecular weight is 307 g/mol. The van der Waals surface area contributed by atoms with Crippen molar-refractivity contribution in [2.45, 2.75) is 12.8 Å². The molecule has 2 heterocycles. The Morgan fingerprint density at radius 1 is 1.45 bits per heavy atom. The number of benzene rings is 1. The lowest BCUT2D eigenvalue weighted by atomic mass is 10.2. The number of carbonyl (C=O) groups is 1. The smallest absolute Gasteiger partial charge is 0.303 e. The van der Waals surface area contributed by atoms with Crippen LogP contribution in [-0.2, 0) is 11.2 Å². The van der Waals surface area contributed by atoms with Gasteiger partial charge >= 0.3 is 5.97 Å². The van der Waals surface area contributed by atoms with Gasteiger partial charge in [-0.25, -0.2) is 4.98 Å². The van der Waals surface area contributed by atoms with E-state index >= 15 is 0 Å². The Hall–Kier alpha value is -1.85. The predicted octanol–water partition coefficient (Wildman–Crippen LogP) is 3.73. The summed E-state index contributed by atoms with van der Waals surface area (Å²) in [7, 11) is 0. The fourth-order valence-corrected chi connectivity index (χ4v) is 3.13. The lowest BCUT2D eigenvalue weighted by molar-refractivity contribution is -0.136. The van der Waals surface area contributed by atoms with Gasteiger partial charge in [0, 0.05) is 27.9 Å². The molecule has 0 aliphatic heterocycles. The van der Waals surface area contributed by atoms with Crippen LogP contribution >= 0.6 is 22.9 Å². The first-order chi connectivity index (χ1) is 9.63. The van der Waals surface area contributed by atoms with Crippen LogP contribution in [0.5, 0.6) is 0 Å². The molecule has 4 nitrogen and oxygen atoms in total. The van der Waals surface area contributed by atoms with Crippen LogP contribution in [0.3, 0.4) is 0 Å². The van der Waals surface area contributed by atoms with E-state index in [1.54, 1.807) is 0 Å². The van der Waals surface area contributed by atoms with Crippen molar-refractivity contribution in [1.29, 1.82) is 0 Å². The molecule has 102 valence electrons. The monoisotopic (exact) mass is 306 g/mol. The molecular weight excluding hydrogens is 296 g/mol. The SMILES string of the molecule is O=C(O)CCc1csc2nc(-c3cccc(Cl)c3)cn12. The maximum Gasteiger partial charge on any atom is 0.303 e. The molecule has 0 saturated heterocycles. The number of hydrogen-bond donors (Lipinski definition) is 1. The summed E-state index contributed by atoms with van der Waals surface area (Å²) in [4.78, 5) is 16.1. The van der Waals surface area contributed by atoms with Crippen molar-refractivity contribution in [3.63, 3.8) is 0 Å². The fourth-order valence-electron chi connectivity index (χ4n) is 2.03. The molecule has 0 saturated carbocycles. The molecule has 20 heavy (non-hydrogen) atoms. The van der Waals surface area contributed by atoms with E-state index in [1.165, 1.54) is 11.3 Å². The van der Waals surface area contributed by atoms with Crippen LogP contribution in [0.15, 0.2) is 35.8 Å². The number of thiazole rings is 1. The third-order valence-corrected chi connectivity index (χ3v) is 4.12. The van der Waals surface area contributed by atoms with Crippen molar-refractivity contribution in [2.75, 3.05) is 0 Å². The largest absolute Gasteiger partial charge is 0.481 e. The number of hydrogen-bond acceptors (Lipinski definition) is 3. The number of nitrogens with zero attached hydrogens (tertiary/aromatic N) is 2. The summed E-state index contributed by atoms with van der Waals surface area (Å²) in [5.74, 6) is -0.792. The van der Waals surface area contributed by atoms with Gasteiger partial charge in [-0.05, 0) is 18.6 Å². The van der Waals surface area contributed by atoms with Gasteiger partial charge < -0.3 is 5.11 Å². The number of aryl methyl sites for hydroxylation is 1. The van der Waals surface area contributed by atoms with E-state index in [4.69, 9.17) is 16.7 Å². The summed E-state index contributed by atoms with van der Waals surface area (Å²) in [5, 5.41) is 11.4. The van der Waals surface area contributed by atoms with Crippen LogP contribution in [0.4, 0.5) is 0 Å². The van der Waals surface area contributed by atoms with Gasteiger partial charge in [-0.3, -0.25) is 9.20 Å². The molecule has 0 atom stereocenters. The Morgan fingerprint density at radius 3 is 3.05 bits per heavy atom. The Bertz CT molecular complexity index is 778. The highest BCUT2D eigenvalue weighted by Crippen LogP contribution is 2.25. The summed E-state index contributed by atoms with van der Waals surface area (Å²) in [5.41, 5.74) is 2.77. The first kappa shape index (κ1) is 13.1. The summed E-state index contributed by atoms with van der Waals surface area (Å²) in [6, 6.07) is 7.53. The van der Waals surface area contributed by atoms with Crippen molar-refractivity contribution in [2.24, 2.45) is 0 Å². The number of halogens is 1. The zero-order valence-electron chi connectivity index (χ0n) is 10.4. The third kappa shape index (κ3) is 2.55. The molecule has 6 heteroatoms. The standard InChI is InChI=1S/C14H11ClN2O2S/c15-10-3-1-2-9(6-10)12-7-17-11(4-5-13(18)19)8-20-14(17)16-12/h1-3,6-8H,4-5H2,(H,18,19). The predicted molar refractivity (Wildman–Crippen MR) is 79.5 cm³/mol. The first-order valence-corrected chi connectivity index (χ1v) is 7.32. The molecule has 3 rings (SSSR count). The van der Waals surface area contributed by atoms with Crippen LogP contribution in [0.25, 0.3) is 16.2 Å². The zero-order valence-corrected chi connectivity index (χ0v) is 12.0. The molecular formula is C14H11ClN2O2S. The molecule has 0 unspecified atom stereocenters. The highest BCUT2D eigenvalue weighted by atomic mass is 35.5. The van der Waals surface area contributed by atoms with Gasteiger partial charge in [-0.2, -0.15) is 0 Å². The molecule has 0 aliphatic rings. The quantitative estimate of drug-likeness (QED) is 0.799. The number of aromatic nitrogens is 2. The van der Waals surface area contributed by atoms with E-state index in [-0.39, 0.29) is 6.42 Å². The Balaban J connectivity index is 1.97. The Morgan fingerprint density at radius 2 is 2.30 bits per heavy atom. The van der Waals surface area contributed by atoms with Crippen molar-refractivity contribution in [3.8, 4) is 11.3 Å². The molecule has 0 radical (unpaired) electrons. The number of carboxylic acid groups (broad SMARTS) is 1. The van der Waals surface area contributed by atoms with E-state index in [0.717, 1.165) is 21.9 Å². The number of rotatable bonds is 4. The van der Waals surface area contributed by atoms with Gasteiger partial charge in [0.1, 0.15) is 0 Å². The minimum Gasteiger partial charge on any atom is -0.481 e. The Kier molecular flexibility index (Phi) is 3.46. The molecule has 0 spiro atoms. The van der Waals surface area contributed by atoms with Gasteiger partial charge in [-0.15, -0.1) is 11.3 Å². The number of carboxylic acids is 1. The lowest BCUT2D eigenvalue weighted by Gasteiger charge is -1.97. The number of fused-ring (bicyclic) bond motifs is 1. The Labute approximate surface area is 124 Å². The van der Waals surface area contributed by atoms with Crippen molar-refractivity contribution < 1.29 is 9.90 Å². The van der Waals surface area contributed by atoms with Crippen LogP contribution in [0.1, 0.15) is 12.1 Å². The molecule has 0 bridgehead atoms. The maximum atomic E-state index is 10.7. The summed E-state index contributed by atoms with van der Waals surface area (Å²) in [6.07, 6.45) is 2.55. The highest BCUT2D eigenvalue weighted by molar-refractivity contribution is 7.15. The molecule has 1 aromatic carbocycles. The van der Waals surface area contributed by atoms with Crippen LogP contribution in [-0.4, -0.2) is 20.5 Å². The third-order valence-electron chi connectivity index (χ3n) is 3.00. The van der Waals surface area contributed by atoms with Gasteiger partial charge in [-0.1, -0.05) is 23.7 Å². The fraction of sp³-hybridized carbons (Fsp3) is 0.143. The molecule has 0 amide bonds. The number of aliphatic carboxylic acids is 1. The van der Waals surface area contributed by atoms with Crippen LogP contribution in [0.2, 0.25) is 5.02 Å². The second-order valence-electron chi connectivity index (χ2n) is 4.41. The van der Waals surface area contributed by atoms with E-state index in [9.17, 15) is 4.79 Å². The van der Waals surface area contributed by atoms with Gasteiger partial charge in [0.15, 0.2) is 4.96 Å². The first-order valence-electron chi connectivity index (χ1n) is 6.06. The molecule has 3 aromatic rings. The lowest BCUT2D eigenvalue weighted by Crippen LogP contribution is -1.99. The molecule has 0 aliphatic carbocycles. The molecule has 1 N–H and O–H groups in total. The minimum absolute atomic E-state index is 0.122. The van der Waals surface area contributed by atoms with Crippen LogP contribution < -0.4 is 0 Å². The van der Waals surface area contributed by atoms with Crippen LogP contribution in [0, 0.1) is 0 Å². The molecule has 0 fully saturated rings. The normalized spacial score (nSPS) is 11.1. The van der Waals surface area contributed by atoms with E-state index in [2.05, 4.69) is 4.98 Å². The van der Waals surface area contributed by atoms with Gasteiger partial charge in [0.05, 0.1) is 12.1 Å². The number of imidazole rings is 1. The second-order valence-corrected chi connectivity index (χ2v) is 5.68. The second kappa shape index (κ2) is 5.26. The summed E-state index contributed by atoms with van der Waals surface area (Å²) >= 11 is 7.50. The minimum atomic E-state index is -0.792. The topological polar surface area (TPSA) is 54.6 Å². The summed E-state index contributed by atoms with van der Waals surface area (Å²) in [6.45, 7) is 0. The summed E-state index contributed by atoms with van der Waals surface area (Å²) < 4.78 is 1.95. The van der Waals surface area contributed by atoms with E-state index < -0.39 is 5.97 Å². The van der Waals surface area contributed by atoms with Crippen molar-refractivity contribution >= 4 is 33.9 Å². The molecule has 2 aromatic heterocycles. The van der Waals surface area contributed by atoms with Crippen molar-refractivity contribution in [1.82, 2.24) is 9.38 Å². The van der Waals surface area contributed by atoms with E-state index in [0.29, 0.717) is 11.4 Å². The van der Waals surface area contributed by atoms with Gasteiger partial charge in [0.25, 0.3) is 0 Å². The van der Waals surface area contributed by atoms with Crippen molar-refractivity contribution in [3.05, 3.63) is 46.6 Å². The highest BCUT2D eigenvalue weighted by Gasteiger charge is 2.10. The average Bonchev–Trinajstić information content (AvgIpc) is 2.96.